The summed E-state index contributed by atoms with van der Waals surface area (Å²) in [6, 6.07) is 3.04. The largest absolute Gasteiger partial charge is 0.312 e. The molecule has 0 aromatic carbocycles. The van der Waals surface area contributed by atoms with Gasteiger partial charge in [0, 0.05) is 6.07 Å². The molecular weight excluding hydrogens is 170 g/mol. The van der Waals surface area contributed by atoms with E-state index in [0.717, 1.165) is 0 Å². The molecular formula is C5H3ClN3O2+. The molecule has 2 rings (SSSR count). The molecule has 0 amide bonds. The first-order valence-corrected chi connectivity index (χ1v) is 3.22. The van der Waals surface area contributed by atoms with E-state index in [1.807, 2.05) is 0 Å². The Morgan fingerprint density at radius 2 is 2.45 bits per heavy atom. The Balaban J connectivity index is 2.97. The van der Waals surface area contributed by atoms with Gasteiger partial charge in [0.1, 0.15) is 5.15 Å². The average Bonchev–Trinajstić information content (AvgIpc) is 2.32. The second-order valence-electron chi connectivity index (χ2n) is 1.95. The van der Waals surface area contributed by atoms with Gasteiger partial charge < -0.3 is 0 Å². The van der Waals surface area contributed by atoms with E-state index in [2.05, 4.69) is 14.8 Å². The number of fused-ring (bicyclic) bond motifs is 1. The zero-order valence-electron chi connectivity index (χ0n) is 5.24. The molecule has 0 aliphatic rings. The SMILES string of the molecule is O=[n+]1o[nH]c2nc(Cl)ccc21. The van der Waals surface area contributed by atoms with Crippen LogP contribution in [0.15, 0.2) is 16.8 Å². The molecule has 0 spiro atoms. The van der Waals surface area contributed by atoms with Gasteiger partial charge in [-0.2, -0.15) is 4.98 Å². The standard InChI is InChI=1S/C5H3ClN3O2/c6-4-2-1-3-5(7-4)8-11-9(3)10/h1-2H,(H,7,8)/q+1. The van der Waals surface area contributed by atoms with Gasteiger partial charge in [0.15, 0.2) is 4.60 Å². The Labute approximate surface area is 65.1 Å². The van der Waals surface area contributed by atoms with E-state index < -0.39 is 0 Å². The fourth-order valence-electron chi connectivity index (χ4n) is 0.784. The molecule has 11 heavy (non-hydrogen) atoms. The van der Waals surface area contributed by atoms with Crippen molar-refractivity contribution in [3.8, 4) is 0 Å². The molecule has 1 N–H and O–H groups in total. The second-order valence-corrected chi connectivity index (χ2v) is 2.34. The van der Waals surface area contributed by atoms with Crippen LogP contribution in [0.3, 0.4) is 0 Å². The summed E-state index contributed by atoms with van der Waals surface area (Å²) in [6.07, 6.45) is 0. The summed E-state index contributed by atoms with van der Waals surface area (Å²) >= 11 is 5.54. The van der Waals surface area contributed by atoms with Crippen molar-refractivity contribution in [1.82, 2.24) is 10.1 Å². The van der Waals surface area contributed by atoms with Crippen LogP contribution in [0.1, 0.15) is 0 Å². The minimum Gasteiger partial charge on any atom is -0.191 e. The van der Waals surface area contributed by atoms with Crippen LogP contribution in [0, 0.1) is 4.91 Å². The van der Waals surface area contributed by atoms with E-state index in [-0.39, 0.29) is 0 Å². The molecule has 2 aromatic heterocycles. The lowest BCUT2D eigenvalue weighted by atomic mass is 10.4. The van der Waals surface area contributed by atoms with Gasteiger partial charge in [-0.1, -0.05) is 21.4 Å². The Morgan fingerprint density at radius 3 is 3.27 bits per heavy atom. The van der Waals surface area contributed by atoms with E-state index in [0.29, 0.717) is 20.9 Å². The number of aromatic nitrogens is 3. The predicted molar refractivity (Wildman–Crippen MR) is 36.7 cm³/mol. The topological polar surface area (TPSA) is 64.8 Å². The number of nitrogens with one attached hydrogen (secondary N) is 1. The third kappa shape index (κ3) is 0.894. The monoisotopic (exact) mass is 172 g/mol. The molecule has 6 heteroatoms. The van der Waals surface area contributed by atoms with Crippen molar-refractivity contribution >= 4 is 22.8 Å². The molecule has 0 atom stereocenters. The van der Waals surface area contributed by atoms with E-state index >= 15 is 0 Å². The van der Waals surface area contributed by atoms with Crippen LogP contribution in [0.25, 0.3) is 11.2 Å². The highest BCUT2D eigenvalue weighted by Crippen LogP contribution is 2.08. The third-order valence-electron chi connectivity index (χ3n) is 1.26. The van der Waals surface area contributed by atoms with Crippen LogP contribution in [-0.4, -0.2) is 10.1 Å². The van der Waals surface area contributed by atoms with Gasteiger partial charge in [-0.3, -0.25) is 0 Å². The lowest BCUT2D eigenvalue weighted by molar-refractivity contribution is -0.692. The van der Waals surface area contributed by atoms with Crippen LogP contribution in [0.5, 0.6) is 0 Å². The number of nitrogens with zero attached hydrogens (tertiary/aromatic N) is 2. The first-order chi connectivity index (χ1) is 5.27. The van der Waals surface area contributed by atoms with Gasteiger partial charge >= 0.3 is 5.65 Å². The molecule has 2 heterocycles. The van der Waals surface area contributed by atoms with Crippen molar-refractivity contribution in [2.24, 2.45) is 0 Å². The number of rotatable bonds is 0. The van der Waals surface area contributed by atoms with E-state index in [4.69, 9.17) is 11.6 Å². The summed E-state index contributed by atoms with van der Waals surface area (Å²) in [5, 5.41) is 2.62. The lowest BCUT2D eigenvalue weighted by Crippen LogP contribution is -2.08. The van der Waals surface area contributed by atoms with Crippen molar-refractivity contribution in [3.63, 3.8) is 0 Å². The summed E-state index contributed by atoms with van der Waals surface area (Å²) in [6.45, 7) is 0. The van der Waals surface area contributed by atoms with Crippen molar-refractivity contribution in [2.45, 2.75) is 0 Å². The lowest BCUT2D eigenvalue weighted by Gasteiger charge is -1.79. The summed E-state index contributed by atoms with van der Waals surface area (Å²) in [7, 11) is 0. The average molecular weight is 173 g/mol. The van der Waals surface area contributed by atoms with Gasteiger partial charge in [0.25, 0.3) is 5.52 Å². The molecule has 56 valence electrons. The third-order valence-corrected chi connectivity index (χ3v) is 1.47. The number of hydrogen-bond donors (Lipinski definition) is 1. The maximum atomic E-state index is 10.7. The predicted octanol–water partition coefficient (Wildman–Crippen LogP) is 0.724. The Bertz CT molecular complexity index is 446. The smallest absolute Gasteiger partial charge is 0.191 e. The fraction of sp³-hybridized carbons (Fsp3) is 0. The number of aromatic amines is 1. The summed E-state index contributed by atoms with van der Waals surface area (Å²) in [5.74, 6) is 0. The number of pyridine rings is 1. The molecule has 5 nitrogen and oxygen atoms in total. The molecule has 0 bridgehead atoms. The van der Waals surface area contributed by atoms with Gasteiger partial charge in [0.05, 0.1) is 0 Å². The number of H-pyrrole nitrogens is 1. The highest BCUT2D eigenvalue weighted by atomic mass is 35.5. The van der Waals surface area contributed by atoms with Crippen LogP contribution in [0.4, 0.5) is 0 Å². The zero-order chi connectivity index (χ0) is 7.84. The van der Waals surface area contributed by atoms with E-state index in [1.165, 1.54) is 12.1 Å². The normalized spacial score (nSPS) is 10.6. The van der Waals surface area contributed by atoms with Gasteiger partial charge in [-0.25, -0.2) is 0 Å². The Hall–Kier alpha value is -1.36. The first kappa shape index (κ1) is 6.36. The molecule has 0 unspecified atom stereocenters. The molecule has 0 aliphatic heterocycles. The first-order valence-electron chi connectivity index (χ1n) is 2.84. The van der Waals surface area contributed by atoms with E-state index in [9.17, 15) is 4.91 Å². The van der Waals surface area contributed by atoms with Crippen LogP contribution in [0.2, 0.25) is 5.15 Å². The summed E-state index contributed by atoms with van der Waals surface area (Å²) in [5.41, 5.74) is 0.668. The quantitative estimate of drug-likeness (QED) is 0.596. The molecule has 0 aliphatic carbocycles. The molecule has 0 saturated carbocycles. The van der Waals surface area contributed by atoms with E-state index in [1.54, 1.807) is 0 Å². The highest BCUT2D eigenvalue weighted by molar-refractivity contribution is 6.29. The number of hydrogen-bond acceptors (Lipinski definition) is 3. The summed E-state index contributed by atoms with van der Waals surface area (Å²) in [4.78, 5) is 14.5. The Morgan fingerprint density at radius 1 is 1.64 bits per heavy atom. The van der Waals surface area contributed by atoms with Crippen molar-refractivity contribution in [1.29, 1.82) is 0 Å². The number of halogens is 1. The molecule has 0 radical (unpaired) electrons. The summed E-state index contributed by atoms with van der Waals surface area (Å²) < 4.78 is 4.72. The van der Waals surface area contributed by atoms with Crippen molar-refractivity contribution in [2.75, 3.05) is 0 Å². The minimum atomic E-state index is 0.315. The zero-order valence-corrected chi connectivity index (χ0v) is 6.00. The minimum absolute atomic E-state index is 0.315. The van der Waals surface area contributed by atoms with Crippen LogP contribution >= 0.6 is 11.6 Å². The maximum absolute atomic E-state index is 10.7. The van der Waals surface area contributed by atoms with Crippen LogP contribution in [-0.2, 0) is 0 Å². The van der Waals surface area contributed by atoms with Gasteiger partial charge in [0.2, 0.25) is 0 Å². The highest BCUT2D eigenvalue weighted by Gasteiger charge is 2.10. The van der Waals surface area contributed by atoms with Crippen molar-refractivity contribution < 1.29 is 9.23 Å². The van der Waals surface area contributed by atoms with Gasteiger partial charge in [-0.05, 0) is 11.0 Å². The molecule has 2 aromatic rings. The molecule has 0 saturated heterocycles. The van der Waals surface area contributed by atoms with Crippen LogP contribution < -0.4 is 4.60 Å². The maximum Gasteiger partial charge on any atom is 0.312 e. The molecule has 0 fully saturated rings. The second kappa shape index (κ2) is 2.06. The van der Waals surface area contributed by atoms with Crippen molar-refractivity contribution in [3.05, 3.63) is 22.2 Å². The van der Waals surface area contributed by atoms with Gasteiger partial charge in [-0.15, -0.1) is 0 Å². The fourth-order valence-corrected chi connectivity index (χ4v) is 0.932. The Kier molecular flexibility index (Phi) is 1.19.